The van der Waals surface area contributed by atoms with Crippen molar-refractivity contribution >= 4 is 39.1 Å². The van der Waals surface area contributed by atoms with Crippen molar-refractivity contribution in [2.45, 2.75) is 0 Å². The molecule has 0 fully saturated rings. The van der Waals surface area contributed by atoms with Crippen molar-refractivity contribution in [1.29, 1.82) is 0 Å². The number of rotatable bonds is 1. The maximum absolute atomic E-state index is 12.4. The van der Waals surface area contributed by atoms with Crippen molar-refractivity contribution in [2.24, 2.45) is 0 Å². The van der Waals surface area contributed by atoms with Crippen LogP contribution in [0.3, 0.4) is 0 Å². The zero-order valence-corrected chi connectivity index (χ0v) is 8.96. The molecule has 0 aliphatic rings. The Bertz CT molecular complexity index is 227. The molecule has 0 atom stereocenters. The van der Waals surface area contributed by atoms with Gasteiger partial charge in [-0.2, -0.15) is 0 Å². The molecule has 10 heavy (non-hydrogen) atoms. The van der Waals surface area contributed by atoms with Gasteiger partial charge in [-0.3, -0.25) is 0 Å². The molecule has 0 saturated carbocycles. The van der Waals surface area contributed by atoms with E-state index in [4.69, 9.17) is 17.7 Å². The Morgan fingerprint density at radius 2 is 2.00 bits per heavy atom. The maximum atomic E-state index is 12.4. The molecular formula is C6H4Cl2FSb. The average Bonchev–Trinajstić information content (AvgIpc) is 1.88. The second-order valence-electron chi connectivity index (χ2n) is 1.71. The van der Waals surface area contributed by atoms with E-state index in [-0.39, 0.29) is 5.82 Å². The van der Waals surface area contributed by atoms with E-state index in [1.165, 1.54) is 12.1 Å². The molecule has 0 aliphatic heterocycles. The Balaban J connectivity index is 2.96. The van der Waals surface area contributed by atoms with Crippen LogP contribution in [0.25, 0.3) is 0 Å². The van der Waals surface area contributed by atoms with E-state index in [1.54, 1.807) is 12.1 Å². The predicted molar refractivity (Wildman–Crippen MR) is 43.5 cm³/mol. The molecule has 0 nitrogen and oxygen atoms in total. The first-order chi connectivity index (χ1) is 4.70. The van der Waals surface area contributed by atoms with E-state index < -0.39 is 17.9 Å². The van der Waals surface area contributed by atoms with Crippen LogP contribution >= 0.6 is 17.7 Å². The van der Waals surface area contributed by atoms with Crippen LogP contribution in [0.15, 0.2) is 24.3 Å². The van der Waals surface area contributed by atoms with Gasteiger partial charge in [-0.1, -0.05) is 0 Å². The first-order valence-corrected chi connectivity index (χ1v) is 10.3. The molecule has 0 spiro atoms. The minimum atomic E-state index is -2.24. The van der Waals surface area contributed by atoms with Gasteiger partial charge in [-0.15, -0.1) is 0 Å². The number of hydrogen-bond donors (Lipinski definition) is 0. The molecule has 0 N–H and O–H groups in total. The van der Waals surface area contributed by atoms with Gasteiger partial charge in [0, 0.05) is 0 Å². The fourth-order valence-electron chi connectivity index (χ4n) is 0.581. The van der Waals surface area contributed by atoms with Gasteiger partial charge in [0.15, 0.2) is 0 Å². The van der Waals surface area contributed by atoms with Gasteiger partial charge >= 0.3 is 73.6 Å². The van der Waals surface area contributed by atoms with E-state index in [1.807, 2.05) is 0 Å². The predicted octanol–water partition coefficient (Wildman–Crippen LogP) is 2.00. The molecule has 0 heterocycles. The Labute approximate surface area is 73.3 Å². The summed E-state index contributed by atoms with van der Waals surface area (Å²) in [6.45, 7) is 0. The summed E-state index contributed by atoms with van der Waals surface area (Å²) in [6, 6.07) is 6.14. The fourth-order valence-corrected chi connectivity index (χ4v) is 3.19. The summed E-state index contributed by atoms with van der Waals surface area (Å²) < 4.78 is 13.2. The van der Waals surface area contributed by atoms with E-state index in [2.05, 4.69) is 0 Å². The molecule has 1 rings (SSSR count). The summed E-state index contributed by atoms with van der Waals surface area (Å²) in [4.78, 5) is 0. The molecule has 0 bridgehead atoms. The second kappa shape index (κ2) is 3.80. The summed E-state index contributed by atoms with van der Waals surface area (Å²) in [6.07, 6.45) is 0. The summed E-state index contributed by atoms with van der Waals surface area (Å²) in [5, 5.41) is 0. The third-order valence-electron chi connectivity index (χ3n) is 1.00. The third-order valence-corrected chi connectivity index (χ3v) is 5.53. The average molecular weight is 288 g/mol. The normalized spacial score (nSPS) is 10.4. The summed E-state index contributed by atoms with van der Waals surface area (Å²) in [7, 11) is 11.3. The van der Waals surface area contributed by atoms with Gasteiger partial charge < -0.3 is 0 Å². The standard InChI is InChI=1S/C6H4F.2ClH.Sb/c7-6-4-2-1-3-5-6;;;/h1-2,4-5H;2*1H;/q;;;+2/p-2. The minimum absolute atomic E-state index is 0.270. The van der Waals surface area contributed by atoms with Crippen LogP contribution in [0.4, 0.5) is 4.39 Å². The van der Waals surface area contributed by atoms with E-state index >= 15 is 0 Å². The van der Waals surface area contributed by atoms with E-state index in [9.17, 15) is 4.39 Å². The van der Waals surface area contributed by atoms with Crippen molar-refractivity contribution in [3.63, 3.8) is 0 Å². The van der Waals surface area contributed by atoms with Crippen LogP contribution in [-0.4, -0.2) is 17.9 Å². The van der Waals surface area contributed by atoms with E-state index in [0.717, 1.165) is 3.51 Å². The van der Waals surface area contributed by atoms with Gasteiger partial charge in [-0.05, 0) is 0 Å². The summed E-state index contributed by atoms with van der Waals surface area (Å²) in [5.74, 6) is -0.270. The first kappa shape index (κ1) is 8.64. The fraction of sp³-hybridized carbons (Fsp3) is 0. The third kappa shape index (κ3) is 2.30. The first-order valence-electron chi connectivity index (χ1n) is 2.57. The summed E-state index contributed by atoms with van der Waals surface area (Å²) in [5.41, 5.74) is 0. The number of benzene rings is 1. The summed E-state index contributed by atoms with van der Waals surface area (Å²) >= 11 is -2.24. The van der Waals surface area contributed by atoms with Crippen LogP contribution in [0, 0.1) is 5.82 Å². The number of halogens is 3. The monoisotopic (exact) mass is 286 g/mol. The van der Waals surface area contributed by atoms with Crippen LogP contribution < -0.4 is 3.51 Å². The van der Waals surface area contributed by atoms with Crippen LogP contribution in [0.1, 0.15) is 0 Å². The van der Waals surface area contributed by atoms with Gasteiger partial charge in [0.05, 0.1) is 0 Å². The van der Waals surface area contributed by atoms with Crippen LogP contribution in [0.2, 0.25) is 0 Å². The zero-order valence-electron chi connectivity index (χ0n) is 4.89. The van der Waals surface area contributed by atoms with Crippen molar-refractivity contribution in [3.8, 4) is 0 Å². The topological polar surface area (TPSA) is 0 Å². The van der Waals surface area contributed by atoms with Crippen molar-refractivity contribution < 1.29 is 4.39 Å². The molecule has 4 heteroatoms. The van der Waals surface area contributed by atoms with Crippen molar-refractivity contribution in [1.82, 2.24) is 0 Å². The Morgan fingerprint density at radius 3 is 2.40 bits per heavy atom. The van der Waals surface area contributed by atoms with Gasteiger partial charge in [0.25, 0.3) is 0 Å². The molecule has 0 aromatic heterocycles. The molecule has 0 saturated heterocycles. The SMILES string of the molecule is Fc1ccc[c]([Sb]([Cl])[Cl])c1. The molecular weight excluding hydrogens is 284 g/mol. The van der Waals surface area contributed by atoms with Gasteiger partial charge in [0.1, 0.15) is 0 Å². The van der Waals surface area contributed by atoms with E-state index in [0.29, 0.717) is 0 Å². The number of hydrogen-bond acceptors (Lipinski definition) is 0. The quantitative estimate of drug-likeness (QED) is 0.693. The van der Waals surface area contributed by atoms with Crippen molar-refractivity contribution in [2.75, 3.05) is 0 Å². The Hall–Kier alpha value is 0.548. The molecule has 0 aliphatic carbocycles. The molecule has 54 valence electrons. The molecule has 0 radical (unpaired) electrons. The Kier molecular flexibility index (Phi) is 3.29. The van der Waals surface area contributed by atoms with Gasteiger partial charge in [-0.25, -0.2) is 0 Å². The zero-order chi connectivity index (χ0) is 7.56. The van der Waals surface area contributed by atoms with Crippen LogP contribution in [0.5, 0.6) is 0 Å². The van der Waals surface area contributed by atoms with Gasteiger partial charge in [0.2, 0.25) is 0 Å². The molecule has 0 amide bonds. The molecule has 1 aromatic carbocycles. The van der Waals surface area contributed by atoms with Crippen molar-refractivity contribution in [3.05, 3.63) is 30.1 Å². The second-order valence-corrected chi connectivity index (χ2v) is 10.2. The molecule has 1 aromatic rings. The van der Waals surface area contributed by atoms with Crippen LogP contribution in [-0.2, 0) is 0 Å². The molecule has 0 unspecified atom stereocenters. The Morgan fingerprint density at radius 1 is 1.30 bits per heavy atom.